The van der Waals surface area contributed by atoms with Gasteiger partial charge in [0.05, 0.1) is 16.7 Å². The van der Waals surface area contributed by atoms with Crippen LogP contribution in [-0.4, -0.2) is 25.7 Å². The van der Waals surface area contributed by atoms with Gasteiger partial charge < -0.3 is 10.1 Å². The van der Waals surface area contributed by atoms with Crippen molar-refractivity contribution in [3.05, 3.63) is 33.8 Å². The van der Waals surface area contributed by atoms with Gasteiger partial charge in [-0.2, -0.15) is 0 Å². The van der Waals surface area contributed by atoms with Gasteiger partial charge in [-0.1, -0.05) is 23.2 Å². The van der Waals surface area contributed by atoms with E-state index in [4.69, 9.17) is 27.9 Å². The Hall–Kier alpha value is -0.770. The molecule has 1 amide bonds. The molecule has 0 saturated carbocycles. The number of halogens is 2. The molecular formula is C11H13Cl2NO2. The maximum atomic E-state index is 11.6. The van der Waals surface area contributed by atoms with E-state index in [1.807, 2.05) is 6.92 Å². The maximum absolute atomic E-state index is 11.6. The molecule has 0 aliphatic rings. The average molecular weight is 262 g/mol. The van der Waals surface area contributed by atoms with Gasteiger partial charge in [0.2, 0.25) is 0 Å². The lowest BCUT2D eigenvalue weighted by Crippen LogP contribution is -2.27. The second kappa shape index (κ2) is 6.74. The number of carbonyl (C=O) groups is 1. The third kappa shape index (κ3) is 4.00. The summed E-state index contributed by atoms with van der Waals surface area (Å²) in [6.07, 6.45) is 0. The van der Waals surface area contributed by atoms with Crippen LogP contribution in [0.2, 0.25) is 10.0 Å². The Morgan fingerprint density at radius 1 is 1.38 bits per heavy atom. The van der Waals surface area contributed by atoms with Crippen molar-refractivity contribution >= 4 is 29.1 Å². The fourth-order valence-corrected chi connectivity index (χ4v) is 1.42. The molecule has 1 aromatic carbocycles. The zero-order valence-corrected chi connectivity index (χ0v) is 10.4. The number of benzene rings is 1. The fraction of sp³-hybridized carbons (Fsp3) is 0.364. The summed E-state index contributed by atoms with van der Waals surface area (Å²) in [7, 11) is 0. The smallest absolute Gasteiger partial charge is 0.251 e. The van der Waals surface area contributed by atoms with Gasteiger partial charge in [0.25, 0.3) is 5.91 Å². The fourth-order valence-electron chi connectivity index (χ4n) is 1.12. The van der Waals surface area contributed by atoms with Crippen LogP contribution in [0.4, 0.5) is 0 Å². The van der Waals surface area contributed by atoms with Gasteiger partial charge in [0, 0.05) is 18.7 Å². The number of hydrogen-bond donors (Lipinski definition) is 1. The predicted molar refractivity (Wildman–Crippen MR) is 65.3 cm³/mol. The first kappa shape index (κ1) is 13.3. The first-order valence-corrected chi connectivity index (χ1v) is 5.71. The minimum absolute atomic E-state index is 0.182. The van der Waals surface area contributed by atoms with E-state index < -0.39 is 0 Å². The van der Waals surface area contributed by atoms with E-state index in [9.17, 15) is 4.79 Å². The van der Waals surface area contributed by atoms with Crippen molar-refractivity contribution in [3.8, 4) is 0 Å². The van der Waals surface area contributed by atoms with E-state index in [1.54, 1.807) is 18.2 Å². The molecule has 0 saturated heterocycles. The van der Waals surface area contributed by atoms with Gasteiger partial charge in [-0.15, -0.1) is 0 Å². The summed E-state index contributed by atoms with van der Waals surface area (Å²) in [5.74, 6) is -0.182. The summed E-state index contributed by atoms with van der Waals surface area (Å²) >= 11 is 11.6. The zero-order valence-electron chi connectivity index (χ0n) is 8.93. The summed E-state index contributed by atoms with van der Waals surface area (Å²) < 4.78 is 5.10. The Labute approximate surface area is 105 Å². The van der Waals surface area contributed by atoms with Crippen LogP contribution in [0.5, 0.6) is 0 Å². The second-order valence-corrected chi connectivity index (χ2v) is 3.90. The number of carbonyl (C=O) groups excluding carboxylic acids is 1. The molecule has 0 heterocycles. The van der Waals surface area contributed by atoms with Gasteiger partial charge >= 0.3 is 0 Å². The van der Waals surface area contributed by atoms with E-state index in [0.717, 1.165) is 0 Å². The standard InChI is InChI=1S/C11H13Cl2NO2/c1-2-16-6-5-14-11(15)8-3-4-9(12)10(13)7-8/h3-4,7H,2,5-6H2,1H3,(H,14,15). The molecule has 16 heavy (non-hydrogen) atoms. The lowest BCUT2D eigenvalue weighted by molar-refractivity contribution is 0.0922. The number of ether oxygens (including phenoxy) is 1. The van der Waals surface area contributed by atoms with E-state index in [1.165, 1.54) is 0 Å². The largest absolute Gasteiger partial charge is 0.380 e. The summed E-state index contributed by atoms with van der Waals surface area (Å²) in [4.78, 5) is 11.6. The highest BCUT2D eigenvalue weighted by Crippen LogP contribution is 2.22. The Morgan fingerprint density at radius 3 is 2.75 bits per heavy atom. The van der Waals surface area contributed by atoms with Gasteiger partial charge in [0.15, 0.2) is 0 Å². The van der Waals surface area contributed by atoms with Crippen LogP contribution >= 0.6 is 23.2 Å². The molecule has 1 N–H and O–H groups in total. The Bertz CT molecular complexity index is 369. The summed E-state index contributed by atoms with van der Waals surface area (Å²) in [6, 6.07) is 4.77. The quantitative estimate of drug-likeness (QED) is 0.828. The average Bonchev–Trinajstić information content (AvgIpc) is 2.28. The van der Waals surface area contributed by atoms with Gasteiger partial charge in [-0.25, -0.2) is 0 Å². The summed E-state index contributed by atoms with van der Waals surface area (Å²) in [5, 5.41) is 3.53. The van der Waals surface area contributed by atoms with E-state index in [0.29, 0.717) is 35.4 Å². The van der Waals surface area contributed by atoms with Crippen LogP contribution in [0, 0.1) is 0 Å². The Morgan fingerprint density at radius 2 is 2.12 bits per heavy atom. The van der Waals surface area contributed by atoms with Crippen molar-refractivity contribution in [1.82, 2.24) is 5.32 Å². The molecule has 0 aliphatic carbocycles. The third-order valence-electron chi connectivity index (χ3n) is 1.92. The molecular weight excluding hydrogens is 249 g/mol. The van der Waals surface area contributed by atoms with E-state index in [-0.39, 0.29) is 5.91 Å². The molecule has 1 rings (SSSR count). The van der Waals surface area contributed by atoms with Gasteiger partial charge in [0.1, 0.15) is 0 Å². The Kier molecular flexibility index (Phi) is 5.60. The molecule has 0 aromatic heterocycles. The number of nitrogens with one attached hydrogen (secondary N) is 1. The first-order chi connectivity index (χ1) is 7.65. The molecule has 0 bridgehead atoms. The SMILES string of the molecule is CCOCCNC(=O)c1ccc(Cl)c(Cl)c1. The minimum Gasteiger partial charge on any atom is -0.380 e. The van der Waals surface area contributed by atoms with Crippen molar-refractivity contribution in [1.29, 1.82) is 0 Å². The van der Waals surface area contributed by atoms with Crippen LogP contribution in [-0.2, 0) is 4.74 Å². The molecule has 0 aliphatic heterocycles. The molecule has 0 radical (unpaired) electrons. The molecule has 3 nitrogen and oxygen atoms in total. The minimum atomic E-state index is -0.182. The van der Waals surface area contributed by atoms with Crippen LogP contribution in [0.15, 0.2) is 18.2 Å². The van der Waals surface area contributed by atoms with Crippen LogP contribution in [0.25, 0.3) is 0 Å². The number of amides is 1. The zero-order chi connectivity index (χ0) is 12.0. The van der Waals surface area contributed by atoms with Gasteiger partial charge in [-0.3, -0.25) is 4.79 Å². The van der Waals surface area contributed by atoms with Crippen LogP contribution in [0.3, 0.4) is 0 Å². The normalized spacial score (nSPS) is 10.2. The van der Waals surface area contributed by atoms with Crippen LogP contribution in [0.1, 0.15) is 17.3 Å². The highest BCUT2D eigenvalue weighted by atomic mass is 35.5. The highest BCUT2D eigenvalue weighted by molar-refractivity contribution is 6.42. The van der Waals surface area contributed by atoms with E-state index in [2.05, 4.69) is 5.32 Å². The molecule has 0 fully saturated rings. The van der Waals surface area contributed by atoms with Crippen molar-refractivity contribution in [2.45, 2.75) is 6.92 Å². The predicted octanol–water partition coefficient (Wildman–Crippen LogP) is 2.76. The van der Waals surface area contributed by atoms with Crippen molar-refractivity contribution in [2.24, 2.45) is 0 Å². The maximum Gasteiger partial charge on any atom is 0.251 e. The lowest BCUT2D eigenvalue weighted by atomic mass is 10.2. The highest BCUT2D eigenvalue weighted by Gasteiger charge is 2.06. The van der Waals surface area contributed by atoms with Crippen molar-refractivity contribution < 1.29 is 9.53 Å². The number of rotatable bonds is 5. The third-order valence-corrected chi connectivity index (χ3v) is 2.66. The molecule has 0 atom stereocenters. The summed E-state index contributed by atoms with van der Waals surface area (Å²) in [6.45, 7) is 3.53. The second-order valence-electron chi connectivity index (χ2n) is 3.08. The van der Waals surface area contributed by atoms with Crippen molar-refractivity contribution in [3.63, 3.8) is 0 Å². The molecule has 5 heteroatoms. The molecule has 1 aromatic rings. The summed E-state index contributed by atoms with van der Waals surface area (Å²) in [5.41, 5.74) is 0.492. The van der Waals surface area contributed by atoms with Crippen LogP contribution < -0.4 is 5.32 Å². The van der Waals surface area contributed by atoms with Gasteiger partial charge in [-0.05, 0) is 25.1 Å². The first-order valence-electron chi connectivity index (χ1n) is 4.96. The lowest BCUT2D eigenvalue weighted by Gasteiger charge is -2.06. The number of hydrogen-bond acceptors (Lipinski definition) is 2. The van der Waals surface area contributed by atoms with Crippen molar-refractivity contribution in [2.75, 3.05) is 19.8 Å². The molecule has 0 spiro atoms. The Balaban J connectivity index is 2.50. The molecule has 88 valence electrons. The van der Waals surface area contributed by atoms with E-state index >= 15 is 0 Å². The monoisotopic (exact) mass is 261 g/mol. The topological polar surface area (TPSA) is 38.3 Å². The molecule has 0 unspecified atom stereocenters.